The van der Waals surface area contributed by atoms with Gasteiger partial charge in [0.05, 0.1) is 31.1 Å². The van der Waals surface area contributed by atoms with Crippen molar-refractivity contribution < 1.29 is 27.5 Å². The Hall–Kier alpha value is -3.85. The van der Waals surface area contributed by atoms with Crippen molar-refractivity contribution in [3.63, 3.8) is 0 Å². The summed E-state index contributed by atoms with van der Waals surface area (Å²) in [6.07, 6.45) is -0.0216. The molecule has 0 spiro atoms. The molecule has 0 bridgehead atoms. The molecule has 178 valence electrons. The van der Waals surface area contributed by atoms with Gasteiger partial charge in [0.15, 0.2) is 0 Å². The molecule has 1 amide bonds. The minimum Gasteiger partial charge on any atom is -0.494 e. The van der Waals surface area contributed by atoms with E-state index < -0.39 is 27.9 Å². The van der Waals surface area contributed by atoms with Gasteiger partial charge in [0.2, 0.25) is 0 Å². The largest absolute Gasteiger partial charge is 0.494 e. The minimum atomic E-state index is -3.81. The van der Waals surface area contributed by atoms with Crippen molar-refractivity contribution in [2.75, 3.05) is 18.4 Å². The van der Waals surface area contributed by atoms with E-state index in [1.54, 1.807) is 12.1 Å². The zero-order valence-electron chi connectivity index (χ0n) is 18.9. The summed E-state index contributed by atoms with van der Waals surface area (Å²) in [4.78, 5) is 24.7. The molecule has 2 N–H and O–H groups in total. The van der Waals surface area contributed by atoms with Crippen LogP contribution in [0.5, 0.6) is 5.75 Å². The molecule has 0 saturated carbocycles. The Balaban J connectivity index is 1.70. The van der Waals surface area contributed by atoms with Crippen LogP contribution in [-0.2, 0) is 19.6 Å². The van der Waals surface area contributed by atoms with E-state index in [4.69, 9.17) is 9.47 Å². The number of hydrogen-bond donors (Lipinski definition) is 2. The van der Waals surface area contributed by atoms with Crippen molar-refractivity contribution >= 4 is 27.6 Å². The third-order valence-electron chi connectivity index (χ3n) is 4.95. The first-order valence-corrected chi connectivity index (χ1v) is 12.1. The number of carbonyl (C=O) groups is 2. The van der Waals surface area contributed by atoms with Crippen LogP contribution in [0.3, 0.4) is 0 Å². The molecule has 0 aliphatic heterocycles. The van der Waals surface area contributed by atoms with Crippen molar-refractivity contribution in [3.8, 4) is 5.75 Å². The summed E-state index contributed by atoms with van der Waals surface area (Å²) in [7, 11) is -2.52. The van der Waals surface area contributed by atoms with Gasteiger partial charge >= 0.3 is 5.97 Å². The molecule has 0 aliphatic carbocycles. The maximum Gasteiger partial charge on any atom is 0.307 e. The predicted molar refractivity (Wildman–Crippen MR) is 128 cm³/mol. The van der Waals surface area contributed by atoms with Crippen LogP contribution in [0, 0.1) is 0 Å². The van der Waals surface area contributed by atoms with Crippen molar-refractivity contribution in [1.82, 2.24) is 5.32 Å². The quantitative estimate of drug-likeness (QED) is 0.424. The average Bonchev–Trinajstić information content (AvgIpc) is 2.84. The number of nitrogens with one attached hydrogen (secondary N) is 2. The zero-order valence-corrected chi connectivity index (χ0v) is 19.7. The fourth-order valence-electron chi connectivity index (χ4n) is 3.21. The standard InChI is InChI=1S/C25H26N2O6S/c1-3-33-21-13-15-22(16-14-21)34(30,31)27-20-11-9-19(10-12-20)25(29)26-23(17-24(28)32-2)18-7-5-4-6-8-18/h4-16,23,27H,3,17H2,1-2H3,(H,26,29). The molecule has 3 aromatic rings. The van der Waals surface area contributed by atoms with Gasteiger partial charge in [-0.3, -0.25) is 14.3 Å². The Bertz CT molecular complexity index is 1210. The highest BCUT2D eigenvalue weighted by atomic mass is 32.2. The molecule has 0 aliphatic rings. The van der Waals surface area contributed by atoms with Crippen molar-refractivity contribution in [3.05, 3.63) is 90.0 Å². The lowest BCUT2D eigenvalue weighted by atomic mass is 10.0. The molecule has 1 unspecified atom stereocenters. The second-order valence-electron chi connectivity index (χ2n) is 7.30. The molecule has 9 heteroatoms. The third kappa shape index (κ3) is 6.58. The van der Waals surface area contributed by atoms with Crippen LogP contribution in [-0.4, -0.2) is 34.0 Å². The number of ether oxygens (including phenoxy) is 2. The molecule has 0 heterocycles. The summed E-state index contributed by atoms with van der Waals surface area (Å²) in [6.45, 7) is 2.33. The highest BCUT2D eigenvalue weighted by Crippen LogP contribution is 2.21. The van der Waals surface area contributed by atoms with E-state index in [1.165, 1.54) is 43.5 Å². The maximum atomic E-state index is 12.8. The first-order valence-electron chi connectivity index (χ1n) is 10.6. The summed E-state index contributed by atoms with van der Waals surface area (Å²) in [6, 6.07) is 20.6. The van der Waals surface area contributed by atoms with Gasteiger partial charge in [-0.25, -0.2) is 8.42 Å². The van der Waals surface area contributed by atoms with Crippen LogP contribution < -0.4 is 14.8 Å². The summed E-state index contributed by atoms with van der Waals surface area (Å²) < 4.78 is 37.9. The number of sulfonamides is 1. The van der Waals surface area contributed by atoms with Crippen LogP contribution in [0.4, 0.5) is 5.69 Å². The number of methoxy groups -OCH3 is 1. The third-order valence-corrected chi connectivity index (χ3v) is 6.35. The van der Waals surface area contributed by atoms with Gasteiger partial charge in [0, 0.05) is 11.3 Å². The van der Waals surface area contributed by atoms with Crippen molar-refractivity contribution in [2.24, 2.45) is 0 Å². The van der Waals surface area contributed by atoms with E-state index in [0.29, 0.717) is 23.6 Å². The van der Waals surface area contributed by atoms with E-state index in [1.807, 2.05) is 37.3 Å². The Kier molecular flexibility index (Phi) is 8.26. The maximum absolute atomic E-state index is 12.8. The lowest BCUT2D eigenvalue weighted by molar-refractivity contribution is -0.141. The zero-order chi connectivity index (χ0) is 24.6. The van der Waals surface area contributed by atoms with Crippen LogP contribution >= 0.6 is 0 Å². The number of anilines is 1. The fraction of sp³-hybridized carbons (Fsp3) is 0.200. The fourth-order valence-corrected chi connectivity index (χ4v) is 4.27. The van der Waals surface area contributed by atoms with E-state index in [0.717, 1.165) is 5.56 Å². The van der Waals surface area contributed by atoms with E-state index in [2.05, 4.69) is 10.0 Å². The van der Waals surface area contributed by atoms with E-state index in [-0.39, 0.29) is 11.3 Å². The van der Waals surface area contributed by atoms with Gasteiger partial charge in [0.25, 0.3) is 15.9 Å². The smallest absolute Gasteiger partial charge is 0.307 e. The van der Waals surface area contributed by atoms with Crippen LogP contribution in [0.25, 0.3) is 0 Å². The van der Waals surface area contributed by atoms with E-state index in [9.17, 15) is 18.0 Å². The number of rotatable bonds is 10. The highest BCUT2D eigenvalue weighted by molar-refractivity contribution is 7.92. The van der Waals surface area contributed by atoms with Crippen LogP contribution in [0.2, 0.25) is 0 Å². The summed E-state index contributed by atoms with van der Waals surface area (Å²) in [5, 5.41) is 2.83. The monoisotopic (exact) mass is 482 g/mol. The Labute approximate surface area is 199 Å². The number of hydrogen-bond acceptors (Lipinski definition) is 6. The van der Waals surface area contributed by atoms with Gasteiger partial charge < -0.3 is 14.8 Å². The lowest BCUT2D eigenvalue weighted by Crippen LogP contribution is -2.30. The molecule has 3 rings (SSSR count). The summed E-state index contributed by atoms with van der Waals surface area (Å²) >= 11 is 0. The summed E-state index contributed by atoms with van der Waals surface area (Å²) in [5.74, 6) is -0.273. The normalized spacial score (nSPS) is 11.8. The molecule has 3 aromatic carbocycles. The molecule has 0 aromatic heterocycles. The SMILES string of the molecule is CCOc1ccc(S(=O)(=O)Nc2ccc(C(=O)NC(CC(=O)OC)c3ccccc3)cc2)cc1. The second kappa shape index (κ2) is 11.3. The number of benzene rings is 3. The van der Waals surface area contributed by atoms with Crippen molar-refractivity contribution in [2.45, 2.75) is 24.3 Å². The Morgan fingerprint density at radius 3 is 2.15 bits per heavy atom. The van der Waals surface area contributed by atoms with Gasteiger partial charge in [-0.05, 0) is 61.0 Å². The highest BCUT2D eigenvalue weighted by Gasteiger charge is 2.20. The molecule has 8 nitrogen and oxygen atoms in total. The van der Waals surface area contributed by atoms with Gasteiger partial charge in [-0.1, -0.05) is 30.3 Å². The lowest BCUT2D eigenvalue weighted by Gasteiger charge is -2.18. The molecule has 0 radical (unpaired) electrons. The van der Waals surface area contributed by atoms with Gasteiger partial charge in [-0.2, -0.15) is 0 Å². The number of amides is 1. The van der Waals surface area contributed by atoms with Gasteiger partial charge in [-0.15, -0.1) is 0 Å². The molecule has 1 atom stereocenters. The Morgan fingerprint density at radius 1 is 0.912 bits per heavy atom. The van der Waals surface area contributed by atoms with Crippen LogP contribution in [0.1, 0.15) is 35.3 Å². The molecule has 0 fully saturated rings. The number of carbonyl (C=O) groups excluding carboxylic acids is 2. The molecular weight excluding hydrogens is 456 g/mol. The topological polar surface area (TPSA) is 111 Å². The molecule has 0 saturated heterocycles. The molecule has 34 heavy (non-hydrogen) atoms. The first-order chi connectivity index (χ1) is 16.3. The van der Waals surface area contributed by atoms with Crippen molar-refractivity contribution in [1.29, 1.82) is 0 Å². The van der Waals surface area contributed by atoms with E-state index >= 15 is 0 Å². The average molecular weight is 483 g/mol. The number of esters is 1. The first kappa shape index (κ1) is 24.8. The summed E-state index contributed by atoms with van der Waals surface area (Å²) in [5.41, 5.74) is 1.38. The van der Waals surface area contributed by atoms with Gasteiger partial charge in [0.1, 0.15) is 5.75 Å². The minimum absolute atomic E-state index is 0.0216. The predicted octanol–water partition coefficient (Wildman–Crippen LogP) is 3.92. The Morgan fingerprint density at radius 2 is 1.56 bits per heavy atom. The second-order valence-corrected chi connectivity index (χ2v) is 8.99. The molecular formula is C25H26N2O6S. The van der Waals surface area contributed by atoms with Crippen LogP contribution in [0.15, 0.2) is 83.8 Å².